The second-order valence-corrected chi connectivity index (χ2v) is 9.72. The molecular formula is C35H23N3. The summed E-state index contributed by atoms with van der Waals surface area (Å²) in [5, 5.41) is 6.16. The van der Waals surface area contributed by atoms with Crippen LogP contribution in [0, 0.1) is 0 Å². The molecule has 0 aliphatic rings. The number of hydrogen-bond acceptors (Lipinski definition) is 1. The van der Waals surface area contributed by atoms with Crippen molar-refractivity contribution < 1.29 is 0 Å². The Kier molecular flexibility index (Phi) is 4.52. The quantitative estimate of drug-likeness (QED) is 0.245. The Labute approximate surface area is 219 Å². The van der Waals surface area contributed by atoms with Crippen LogP contribution < -0.4 is 0 Å². The molecule has 8 rings (SSSR count). The first-order valence-corrected chi connectivity index (χ1v) is 12.9. The standard InChI is InChI=1S/C35H23N3/c1-2-9-27(10-3-1)38-34-13-7-6-12-29(34)30-18-19-33-31(35(30)38)20-21-37(33)26-16-14-24(15-17-26)32-23-36-22-25-8-4-5-11-28(25)32/h1-23H. The molecule has 0 amide bonds. The zero-order valence-corrected chi connectivity index (χ0v) is 20.6. The molecule has 0 atom stereocenters. The summed E-state index contributed by atoms with van der Waals surface area (Å²) in [6.45, 7) is 0. The molecule has 0 spiro atoms. The fraction of sp³-hybridized carbons (Fsp3) is 0. The Morgan fingerprint density at radius 3 is 2.11 bits per heavy atom. The Balaban J connectivity index is 1.31. The van der Waals surface area contributed by atoms with E-state index in [2.05, 4.69) is 142 Å². The minimum absolute atomic E-state index is 1.14. The second-order valence-electron chi connectivity index (χ2n) is 9.72. The van der Waals surface area contributed by atoms with Gasteiger partial charge in [-0.25, -0.2) is 0 Å². The van der Waals surface area contributed by atoms with Gasteiger partial charge in [0.05, 0.1) is 16.6 Å². The summed E-state index contributed by atoms with van der Waals surface area (Å²) in [6, 6.07) is 43.3. The van der Waals surface area contributed by atoms with Gasteiger partial charge in [0.25, 0.3) is 0 Å². The topological polar surface area (TPSA) is 22.8 Å². The number of fused-ring (bicyclic) bond motifs is 6. The highest BCUT2D eigenvalue weighted by atomic mass is 15.0. The third kappa shape index (κ3) is 3.06. The van der Waals surface area contributed by atoms with Crippen molar-refractivity contribution in [3.63, 3.8) is 0 Å². The summed E-state index contributed by atoms with van der Waals surface area (Å²) < 4.78 is 4.68. The minimum atomic E-state index is 1.14. The summed E-state index contributed by atoms with van der Waals surface area (Å²) in [5.74, 6) is 0. The molecule has 3 heteroatoms. The van der Waals surface area contributed by atoms with Crippen LogP contribution in [0.3, 0.4) is 0 Å². The van der Waals surface area contributed by atoms with Crippen molar-refractivity contribution in [2.24, 2.45) is 0 Å². The number of pyridine rings is 1. The molecule has 38 heavy (non-hydrogen) atoms. The molecule has 3 nitrogen and oxygen atoms in total. The van der Waals surface area contributed by atoms with Crippen molar-refractivity contribution in [3.05, 3.63) is 140 Å². The highest BCUT2D eigenvalue weighted by Crippen LogP contribution is 2.37. The van der Waals surface area contributed by atoms with E-state index in [-0.39, 0.29) is 0 Å². The van der Waals surface area contributed by atoms with E-state index in [1.165, 1.54) is 49.3 Å². The average Bonchev–Trinajstić information content (AvgIpc) is 3.57. The third-order valence-corrected chi connectivity index (χ3v) is 7.64. The summed E-state index contributed by atoms with van der Waals surface area (Å²) >= 11 is 0. The SMILES string of the molecule is c1ccc(-n2c3ccccc3c3ccc4c(ccn4-c4ccc(-c5cncc6ccccc56)cc4)c32)cc1. The fourth-order valence-electron chi connectivity index (χ4n) is 5.89. The predicted molar refractivity (Wildman–Crippen MR) is 158 cm³/mol. The molecule has 0 unspecified atom stereocenters. The van der Waals surface area contributed by atoms with Crippen LogP contribution in [0.4, 0.5) is 0 Å². The number of benzene rings is 5. The van der Waals surface area contributed by atoms with E-state index in [1.54, 1.807) is 0 Å². The maximum absolute atomic E-state index is 4.48. The zero-order chi connectivity index (χ0) is 25.1. The number of nitrogens with zero attached hydrogens (tertiary/aromatic N) is 3. The number of aromatic nitrogens is 3. The van der Waals surface area contributed by atoms with Gasteiger partial charge in [-0.05, 0) is 53.4 Å². The Morgan fingerprint density at radius 1 is 0.474 bits per heavy atom. The smallest absolute Gasteiger partial charge is 0.0635 e. The lowest BCUT2D eigenvalue weighted by molar-refractivity contribution is 1.13. The molecule has 0 N–H and O–H groups in total. The van der Waals surface area contributed by atoms with Crippen molar-refractivity contribution in [1.82, 2.24) is 14.1 Å². The molecule has 0 radical (unpaired) electrons. The molecule has 3 aromatic heterocycles. The molecule has 3 heterocycles. The van der Waals surface area contributed by atoms with Crippen molar-refractivity contribution in [2.45, 2.75) is 0 Å². The van der Waals surface area contributed by atoms with Crippen LogP contribution in [0.15, 0.2) is 140 Å². The Bertz CT molecular complexity index is 2110. The van der Waals surface area contributed by atoms with Gasteiger partial charge in [0.2, 0.25) is 0 Å². The van der Waals surface area contributed by atoms with Crippen molar-refractivity contribution >= 4 is 43.5 Å². The van der Waals surface area contributed by atoms with Gasteiger partial charge in [-0.1, -0.05) is 78.9 Å². The van der Waals surface area contributed by atoms with Crippen LogP contribution in [-0.2, 0) is 0 Å². The van der Waals surface area contributed by atoms with Gasteiger partial charge in [-0.3, -0.25) is 4.98 Å². The van der Waals surface area contributed by atoms with Crippen molar-refractivity contribution in [1.29, 1.82) is 0 Å². The Morgan fingerprint density at radius 2 is 1.24 bits per heavy atom. The van der Waals surface area contributed by atoms with Gasteiger partial charge in [0.15, 0.2) is 0 Å². The van der Waals surface area contributed by atoms with E-state index >= 15 is 0 Å². The zero-order valence-electron chi connectivity index (χ0n) is 20.6. The lowest BCUT2D eigenvalue weighted by Crippen LogP contribution is -1.95. The van der Waals surface area contributed by atoms with E-state index in [9.17, 15) is 0 Å². The third-order valence-electron chi connectivity index (χ3n) is 7.64. The van der Waals surface area contributed by atoms with Gasteiger partial charge in [-0.15, -0.1) is 0 Å². The van der Waals surface area contributed by atoms with Gasteiger partial charge in [0, 0.05) is 57.1 Å². The molecule has 0 aliphatic heterocycles. The van der Waals surface area contributed by atoms with E-state index in [1.807, 2.05) is 12.4 Å². The first kappa shape index (κ1) is 21.0. The highest BCUT2D eigenvalue weighted by molar-refractivity contribution is 6.18. The van der Waals surface area contributed by atoms with E-state index in [0.717, 1.165) is 16.6 Å². The molecule has 0 fully saturated rings. The first-order valence-electron chi connectivity index (χ1n) is 12.9. The molecule has 0 aliphatic carbocycles. The molecule has 0 bridgehead atoms. The number of rotatable bonds is 3. The van der Waals surface area contributed by atoms with Gasteiger partial charge < -0.3 is 9.13 Å². The highest BCUT2D eigenvalue weighted by Gasteiger charge is 2.16. The van der Waals surface area contributed by atoms with Crippen LogP contribution in [-0.4, -0.2) is 14.1 Å². The van der Waals surface area contributed by atoms with Crippen LogP contribution in [0.2, 0.25) is 0 Å². The summed E-state index contributed by atoms with van der Waals surface area (Å²) in [5.41, 5.74) is 8.29. The van der Waals surface area contributed by atoms with Crippen LogP contribution >= 0.6 is 0 Å². The molecule has 8 aromatic rings. The second kappa shape index (κ2) is 8.19. The maximum atomic E-state index is 4.48. The summed E-state index contributed by atoms with van der Waals surface area (Å²) in [4.78, 5) is 4.48. The number of hydrogen-bond donors (Lipinski definition) is 0. The molecule has 0 saturated heterocycles. The van der Waals surface area contributed by atoms with Gasteiger partial charge >= 0.3 is 0 Å². The van der Waals surface area contributed by atoms with Crippen LogP contribution in [0.5, 0.6) is 0 Å². The summed E-state index contributed by atoms with van der Waals surface area (Å²) in [6.07, 6.45) is 6.07. The maximum Gasteiger partial charge on any atom is 0.0635 e. The molecule has 178 valence electrons. The normalized spacial score (nSPS) is 11.7. The summed E-state index contributed by atoms with van der Waals surface area (Å²) in [7, 11) is 0. The number of para-hydroxylation sites is 2. The van der Waals surface area contributed by atoms with E-state index in [4.69, 9.17) is 0 Å². The van der Waals surface area contributed by atoms with Crippen molar-refractivity contribution in [3.8, 4) is 22.5 Å². The predicted octanol–water partition coefficient (Wildman–Crippen LogP) is 8.94. The van der Waals surface area contributed by atoms with Crippen molar-refractivity contribution in [2.75, 3.05) is 0 Å². The lowest BCUT2D eigenvalue weighted by atomic mass is 10.0. The van der Waals surface area contributed by atoms with Crippen LogP contribution in [0.25, 0.3) is 66.0 Å². The molecule has 0 saturated carbocycles. The van der Waals surface area contributed by atoms with E-state index < -0.39 is 0 Å². The molecular weight excluding hydrogens is 462 g/mol. The first-order chi connectivity index (χ1) is 18.9. The van der Waals surface area contributed by atoms with Gasteiger partial charge in [0.1, 0.15) is 0 Å². The molecule has 5 aromatic carbocycles. The average molecular weight is 486 g/mol. The minimum Gasteiger partial charge on any atom is -0.316 e. The Hall–Kier alpha value is -5.15. The fourth-order valence-corrected chi connectivity index (χ4v) is 5.89. The van der Waals surface area contributed by atoms with E-state index in [0.29, 0.717) is 0 Å². The van der Waals surface area contributed by atoms with Gasteiger partial charge in [-0.2, -0.15) is 0 Å². The van der Waals surface area contributed by atoms with Crippen LogP contribution in [0.1, 0.15) is 0 Å². The largest absolute Gasteiger partial charge is 0.316 e. The lowest BCUT2D eigenvalue weighted by Gasteiger charge is -2.11. The monoisotopic (exact) mass is 485 g/mol.